The fraction of sp³-hybridized carbons (Fsp3) is 0.235. The molecule has 0 fully saturated rings. The van der Waals surface area contributed by atoms with Crippen molar-refractivity contribution in [3.8, 4) is 11.1 Å². The van der Waals surface area contributed by atoms with Crippen molar-refractivity contribution in [2.24, 2.45) is 0 Å². The molecule has 6 heteroatoms. The van der Waals surface area contributed by atoms with E-state index in [1.54, 1.807) is 32.0 Å². The maximum absolute atomic E-state index is 14.2. The molecule has 0 unspecified atom stereocenters. The molecule has 23 heavy (non-hydrogen) atoms. The monoisotopic (exact) mass is 322 g/mol. The van der Waals surface area contributed by atoms with Crippen LogP contribution < -0.4 is 0 Å². The van der Waals surface area contributed by atoms with E-state index in [0.717, 1.165) is 0 Å². The van der Waals surface area contributed by atoms with E-state index in [4.69, 9.17) is 0 Å². The lowest BCUT2D eigenvalue weighted by atomic mass is 9.96. The van der Waals surface area contributed by atoms with Crippen molar-refractivity contribution >= 4 is 10.9 Å². The third-order valence-electron chi connectivity index (χ3n) is 3.74. The summed E-state index contributed by atoms with van der Waals surface area (Å²) in [5.74, 6) is -1.58. The first-order valence-corrected chi connectivity index (χ1v) is 7.14. The molecule has 1 aromatic heterocycles. The van der Waals surface area contributed by atoms with Crippen LogP contribution in [0.5, 0.6) is 0 Å². The van der Waals surface area contributed by atoms with Crippen molar-refractivity contribution in [3.05, 3.63) is 53.7 Å². The molecule has 0 N–H and O–H groups in total. The van der Waals surface area contributed by atoms with Gasteiger partial charge in [-0.1, -0.05) is 26.0 Å². The highest BCUT2D eigenvalue weighted by molar-refractivity contribution is 5.94. The molecule has 0 atom stereocenters. The predicted molar refractivity (Wildman–Crippen MR) is 80.4 cm³/mol. The molecule has 0 saturated heterocycles. The standard InChI is InChI=1S/C17H14F4N2/c1-9(2)16-13(18)6-10(7-14(16)19)11-4-3-5-15-12(11)8-23(22-15)17(20)21/h3-9,17H,1-2H3. The van der Waals surface area contributed by atoms with Gasteiger partial charge in [0.05, 0.1) is 5.52 Å². The van der Waals surface area contributed by atoms with Gasteiger partial charge in [0.15, 0.2) is 0 Å². The van der Waals surface area contributed by atoms with Gasteiger partial charge in [-0.2, -0.15) is 13.9 Å². The lowest BCUT2D eigenvalue weighted by molar-refractivity contribution is 0.0574. The highest BCUT2D eigenvalue weighted by Crippen LogP contribution is 2.33. The highest BCUT2D eigenvalue weighted by atomic mass is 19.3. The van der Waals surface area contributed by atoms with Gasteiger partial charge in [-0.15, -0.1) is 0 Å². The van der Waals surface area contributed by atoms with Crippen LogP contribution in [0.1, 0.15) is 31.9 Å². The SMILES string of the molecule is CC(C)c1c(F)cc(-c2cccc3nn(C(F)F)cc23)cc1F. The van der Waals surface area contributed by atoms with Gasteiger partial charge in [0.2, 0.25) is 0 Å². The third-order valence-corrected chi connectivity index (χ3v) is 3.74. The number of aromatic nitrogens is 2. The summed E-state index contributed by atoms with van der Waals surface area (Å²) in [5, 5.41) is 4.19. The molecule has 0 spiro atoms. The van der Waals surface area contributed by atoms with Crippen LogP contribution in [0.4, 0.5) is 17.6 Å². The zero-order chi connectivity index (χ0) is 16.7. The predicted octanol–water partition coefficient (Wildman–Crippen LogP) is 5.50. The first-order valence-electron chi connectivity index (χ1n) is 7.14. The molecule has 0 aliphatic rings. The number of hydrogen-bond donors (Lipinski definition) is 0. The van der Waals surface area contributed by atoms with Crippen LogP contribution in [0.25, 0.3) is 22.0 Å². The van der Waals surface area contributed by atoms with Gasteiger partial charge in [-0.05, 0) is 35.2 Å². The second kappa shape index (κ2) is 5.68. The molecule has 0 radical (unpaired) electrons. The Hall–Kier alpha value is -2.37. The number of nitrogens with zero attached hydrogens (tertiary/aromatic N) is 2. The summed E-state index contributed by atoms with van der Waals surface area (Å²) in [6, 6.07) is 7.28. The van der Waals surface area contributed by atoms with Crippen molar-refractivity contribution in [1.29, 1.82) is 0 Å². The summed E-state index contributed by atoms with van der Waals surface area (Å²) in [6.45, 7) is 0.635. The van der Waals surface area contributed by atoms with E-state index in [2.05, 4.69) is 5.10 Å². The van der Waals surface area contributed by atoms with Gasteiger partial charge in [0.1, 0.15) is 11.6 Å². The van der Waals surface area contributed by atoms with Crippen LogP contribution in [0.2, 0.25) is 0 Å². The number of hydrogen-bond acceptors (Lipinski definition) is 1. The number of fused-ring (bicyclic) bond motifs is 1. The number of benzene rings is 2. The topological polar surface area (TPSA) is 17.8 Å². The van der Waals surface area contributed by atoms with Crippen LogP contribution in [0.15, 0.2) is 36.5 Å². The van der Waals surface area contributed by atoms with E-state index in [1.165, 1.54) is 18.3 Å². The van der Waals surface area contributed by atoms with Crippen molar-refractivity contribution in [2.75, 3.05) is 0 Å². The van der Waals surface area contributed by atoms with Gasteiger partial charge in [-0.25, -0.2) is 13.5 Å². The summed E-state index contributed by atoms with van der Waals surface area (Å²) in [5.41, 5.74) is 1.12. The summed E-state index contributed by atoms with van der Waals surface area (Å²) in [4.78, 5) is 0. The summed E-state index contributed by atoms with van der Waals surface area (Å²) >= 11 is 0. The van der Waals surface area contributed by atoms with Crippen molar-refractivity contribution in [3.63, 3.8) is 0 Å². The average Bonchev–Trinajstić information content (AvgIpc) is 2.90. The number of rotatable bonds is 3. The first-order chi connectivity index (χ1) is 10.9. The first kappa shape index (κ1) is 15.5. The molecular weight excluding hydrogens is 308 g/mol. The zero-order valence-electron chi connectivity index (χ0n) is 12.5. The Morgan fingerprint density at radius 3 is 2.26 bits per heavy atom. The third kappa shape index (κ3) is 2.69. The van der Waals surface area contributed by atoms with Crippen molar-refractivity contribution in [1.82, 2.24) is 9.78 Å². The van der Waals surface area contributed by atoms with Crippen molar-refractivity contribution < 1.29 is 17.6 Å². The smallest absolute Gasteiger partial charge is 0.210 e. The molecule has 120 valence electrons. The molecule has 2 aromatic carbocycles. The minimum Gasteiger partial charge on any atom is -0.210 e. The van der Waals surface area contributed by atoms with Gasteiger partial charge in [-0.3, -0.25) is 0 Å². The van der Waals surface area contributed by atoms with Gasteiger partial charge < -0.3 is 0 Å². The fourth-order valence-electron chi connectivity index (χ4n) is 2.70. The van der Waals surface area contributed by atoms with E-state index >= 15 is 0 Å². The second-order valence-corrected chi connectivity index (χ2v) is 5.63. The average molecular weight is 322 g/mol. The number of halogens is 4. The van der Waals surface area contributed by atoms with Gasteiger partial charge >= 0.3 is 6.55 Å². The van der Waals surface area contributed by atoms with E-state index in [0.29, 0.717) is 26.7 Å². The zero-order valence-corrected chi connectivity index (χ0v) is 12.5. The Labute approximate surface area is 130 Å². The number of alkyl halides is 2. The molecule has 0 bridgehead atoms. The largest absolute Gasteiger partial charge is 0.333 e. The van der Waals surface area contributed by atoms with Crippen LogP contribution >= 0.6 is 0 Å². The van der Waals surface area contributed by atoms with Crippen LogP contribution in [-0.4, -0.2) is 9.78 Å². The molecule has 3 rings (SSSR count). The maximum Gasteiger partial charge on any atom is 0.333 e. The van der Waals surface area contributed by atoms with Gasteiger partial charge in [0, 0.05) is 17.1 Å². The van der Waals surface area contributed by atoms with E-state index in [1.807, 2.05) is 0 Å². The lowest BCUT2D eigenvalue weighted by Gasteiger charge is -2.11. The minimum absolute atomic E-state index is 0.0178. The Bertz CT molecular complexity index is 845. The van der Waals surface area contributed by atoms with E-state index in [-0.39, 0.29) is 11.5 Å². The van der Waals surface area contributed by atoms with E-state index in [9.17, 15) is 17.6 Å². The van der Waals surface area contributed by atoms with Crippen molar-refractivity contribution in [2.45, 2.75) is 26.3 Å². The lowest BCUT2D eigenvalue weighted by Crippen LogP contribution is -1.99. The molecule has 2 nitrogen and oxygen atoms in total. The Kier molecular flexibility index (Phi) is 3.83. The summed E-state index contributed by atoms with van der Waals surface area (Å²) in [6.07, 6.45) is 1.18. The van der Waals surface area contributed by atoms with Gasteiger partial charge in [0.25, 0.3) is 0 Å². The molecular formula is C17H14F4N2. The van der Waals surface area contributed by atoms with Crippen LogP contribution in [0, 0.1) is 11.6 Å². The summed E-state index contributed by atoms with van der Waals surface area (Å²) in [7, 11) is 0. The Morgan fingerprint density at radius 2 is 1.70 bits per heavy atom. The Morgan fingerprint density at radius 1 is 1.04 bits per heavy atom. The molecule has 0 aliphatic carbocycles. The second-order valence-electron chi connectivity index (χ2n) is 5.63. The molecule has 1 heterocycles. The molecule has 0 aliphatic heterocycles. The van der Waals surface area contributed by atoms with Crippen LogP contribution in [-0.2, 0) is 0 Å². The maximum atomic E-state index is 14.2. The Balaban J connectivity index is 2.21. The normalized spacial score (nSPS) is 11.8. The molecule has 0 saturated carbocycles. The highest BCUT2D eigenvalue weighted by Gasteiger charge is 2.17. The van der Waals surface area contributed by atoms with E-state index < -0.39 is 18.2 Å². The van der Waals surface area contributed by atoms with Crippen LogP contribution in [0.3, 0.4) is 0 Å². The minimum atomic E-state index is -2.77. The quantitative estimate of drug-likeness (QED) is 0.582. The summed E-state index contributed by atoms with van der Waals surface area (Å²) < 4.78 is 54.5. The molecule has 0 amide bonds. The molecule has 3 aromatic rings. The fourth-order valence-corrected chi connectivity index (χ4v) is 2.70.